The Labute approximate surface area is 164 Å². The van der Waals surface area contributed by atoms with E-state index in [-0.39, 0.29) is 12.5 Å². The summed E-state index contributed by atoms with van der Waals surface area (Å²) in [7, 11) is 6.18. The van der Waals surface area contributed by atoms with Gasteiger partial charge >= 0.3 is 0 Å². The van der Waals surface area contributed by atoms with Crippen molar-refractivity contribution in [3.05, 3.63) is 54.1 Å². The average molecular weight is 387 g/mol. The molecule has 0 heterocycles. The van der Waals surface area contributed by atoms with E-state index < -0.39 is 0 Å². The molecule has 0 aromatic heterocycles. The summed E-state index contributed by atoms with van der Waals surface area (Å²) in [4.78, 5) is 12.6. The van der Waals surface area contributed by atoms with E-state index >= 15 is 0 Å². The number of ether oxygens (including phenoxy) is 5. The Kier molecular flexibility index (Phi) is 7.56. The van der Waals surface area contributed by atoms with Crippen LogP contribution in [0.1, 0.15) is 15.9 Å². The van der Waals surface area contributed by atoms with Gasteiger partial charge in [-0.3, -0.25) is 4.79 Å². The summed E-state index contributed by atoms with van der Waals surface area (Å²) in [5.74, 6) is 2.44. The molecule has 0 aliphatic carbocycles. The van der Waals surface area contributed by atoms with Crippen LogP contribution < -0.4 is 29.0 Å². The third kappa shape index (κ3) is 4.88. The van der Waals surface area contributed by atoms with E-state index in [0.29, 0.717) is 40.9 Å². The van der Waals surface area contributed by atoms with Gasteiger partial charge in [-0.1, -0.05) is 12.7 Å². The second-order valence-corrected chi connectivity index (χ2v) is 5.67. The fourth-order valence-electron chi connectivity index (χ4n) is 2.58. The van der Waals surface area contributed by atoms with Crippen molar-refractivity contribution in [2.75, 3.05) is 35.0 Å². The normalized spacial score (nSPS) is 10.0. The molecule has 7 nitrogen and oxygen atoms in total. The van der Waals surface area contributed by atoms with Gasteiger partial charge in [-0.2, -0.15) is 0 Å². The average Bonchev–Trinajstić information content (AvgIpc) is 2.74. The van der Waals surface area contributed by atoms with Gasteiger partial charge in [-0.15, -0.1) is 0 Å². The quantitative estimate of drug-likeness (QED) is 0.631. The molecule has 0 radical (unpaired) electrons. The van der Waals surface area contributed by atoms with E-state index in [2.05, 4.69) is 11.9 Å². The predicted octanol–water partition coefficient (Wildman–Crippen LogP) is 3.22. The van der Waals surface area contributed by atoms with E-state index in [4.69, 9.17) is 23.7 Å². The van der Waals surface area contributed by atoms with Gasteiger partial charge < -0.3 is 29.0 Å². The first-order valence-corrected chi connectivity index (χ1v) is 8.56. The number of hydrogen-bond donors (Lipinski definition) is 1. The molecule has 0 aliphatic rings. The minimum absolute atomic E-state index is 0.249. The fourth-order valence-corrected chi connectivity index (χ4v) is 2.58. The molecule has 0 saturated carbocycles. The third-order valence-electron chi connectivity index (χ3n) is 4.01. The highest BCUT2D eigenvalue weighted by Gasteiger charge is 2.15. The lowest BCUT2D eigenvalue weighted by Gasteiger charge is -2.15. The lowest BCUT2D eigenvalue weighted by atomic mass is 10.1. The number of carbonyl (C=O) groups excluding carboxylic acids is 1. The van der Waals surface area contributed by atoms with Crippen LogP contribution in [0.3, 0.4) is 0 Å². The van der Waals surface area contributed by atoms with E-state index in [0.717, 1.165) is 5.56 Å². The molecule has 1 N–H and O–H groups in total. The van der Waals surface area contributed by atoms with Crippen LogP contribution in [0.25, 0.3) is 0 Å². The smallest absolute Gasteiger partial charge is 0.251 e. The molecular formula is C21H25NO6. The van der Waals surface area contributed by atoms with Crippen molar-refractivity contribution in [3.8, 4) is 28.7 Å². The number of rotatable bonds is 10. The zero-order valence-electron chi connectivity index (χ0n) is 16.5. The van der Waals surface area contributed by atoms with Crippen LogP contribution in [0.5, 0.6) is 28.7 Å². The van der Waals surface area contributed by atoms with Crippen molar-refractivity contribution in [1.29, 1.82) is 0 Å². The van der Waals surface area contributed by atoms with E-state index in [9.17, 15) is 4.79 Å². The number of hydrogen-bond acceptors (Lipinski definition) is 6. The summed E-state index contributed by atoms with van der Waals surface area (Å²) < 4.78 is 26.8. The topological polar surface area (TPSA) is 75.3 Å². The molecule has 0 spiro atoms. The van der Waals surface area contributed by atoms with Crippen molar-refractivity contribution in [2.45, 2.75) is 6.54 Å². The second-order valence-electron chi connectivity index (χ2n) is 5.67. The summed E-state index contributed by atoms with van der Waals surface area (Å²) in [5.41, 5.74) is 1.20. The standard InChI is InChI=1S/C21H25NO6/c1-6-9-28-16-8-7-14(10-18(16)25-3)21(23)22-13-15-11-19(26-4)20(27-5)12-17(15)24-2/h6-8,10-12H,1,9,13H2,2-5H3,(H,22,23). The molecule has 0 bridgehead atoms. The van der Waals surface area contributed by atoms with Crippen LogP contribution in [0.2, 0.25) is 0 Å². The first-order chi connectivity index (χ1) is 13.6. The molecule has 28 heavy (non-hydrogen) atoms. The molecule has 0 saturated heterocycles. The van der Waals surface area contributed by atoms with Gasteiger partial charge in [-0.05, 0) is 24.3 Å². The molecule has 7 heteroatoms. The summed E-state index contributed by atoms with van der Waals surface area (Å²) in [6, 6.07) is 8.47. The molecule has 150 valence electrons. The molecule has 0 unspecified atom stereocenters. The Balaban J connectivity index is 2.16. The number of amides is 1. The molecule has 0 fully saturated rings. The predicted molar refractivity (Wildman–Crippen MR) is 106 cm³/mol. The Hall–Kier alpha value is -3.35. The maximum atomic E-state index is 12.6. The molecule has 1 amide bonds. The Morgan fingerprint density at radius 2 is 1.50 bits per heavy atom. The first kappa shape index (κ1) is 21.0. The highest BCUT2D eigenvalue weighted by Crippen LogP contribution is 2.34. The Bertz CT molecular complexity index is 834. The SMILES string of the molecule is C=CCOc1ccc(C(=O)NCc2cc(OC)c(OC)cc2OC)cc1OC. The zero-order valence-corrected chi connectivity index (χ0v) is 16.5. The van der Waals surface area contributed by atoms with E-state index in [1.807, 2.05) is 0 Å². The van der Waals surface area contributed by atoms with Crippen molar-refractivity contribution >= 4 is 5.91 Å². The molecule has 0 aliphatic heterocycles. The molecule has 2 rings (SSSR count). The molecule has 2 aromatic carbocycles. The van der Waals surface area contributed by atoms with Crippen molar-refractivity contribution in [2.24, 2.45) is 0 Å². The highest BCUT2D eigenvalue weighted by atomic mass is 16.5. The molecule has 0 atom stereocenters. The van der Waals surface area contributed by atoms with Crippen LogP contribution in [-0.2, 0) is 6.54 Å². The monoisotopic (exact) mass is 387 g/mol. The Morgan fingerprint density at radius 1 is 0.893 bits per heavy atom. The van der Waals surface area contributed by atoms with Gasteiger partial charge in [0.2, 0.25) is 0 Å². The van der Waals surface area contributed by atoms with Gasteiger partial charge in [0.1, 0.15) is 12.4 Å². The second kappa shape index (κ2) is 10.1. The van der Waals surface area contributed by atoms with Gasteiger partial charge in [0.05, 0.1) is 28.4 Å². The summed E-state index contributed by atoms with van der Waals surface area (Å²) in [5, 5.41) is 2.86. The van der Waals surface area contributed by atoms with Crippen LogP contribution >= 0.6 is 0 Å². The van der Waals surface area contributed by atoms with Crippen LogP contribution in [-0.4, -0.2) is 41.0 Å². The summed E-state index contributed by atoms with van der Waals surface area (Å²) in [6.07, 6.45) is 1.64. The number of benzene rings is 2. The Morgan fingerprint density at radius 3 is 2.11 bits per heavy atom. The van der Waals surface area contributed by atoms with Crippen molar-refractivity contribution in [1.82, 2.24) is 5.32 Å². The highest BCUT2D eigenvalue weighted by molar-refractivity contribution is 5.94. The lowest BCUT2D eigenvalue weighted by Crippen LogP contribution is -2.23. The maximum Gasteiger partial charge on any atom is 0.251 e. The minimum atomic E-state index is -0.259. The van der Waals surface area contributed by atoms with Crippen molar-refractivity contribution < 1.29 is 28.5 Å². The maximum absolute atomic E-state index is 12.6. The zero-order chi connectivity index (χ0) is 20.5. The number of carbonyl (C=O) groups is 1. The van der Waals surface area contributed by atoms with Gasteiger partial charge in [0.25, 0.3) is 5.91 Å². The lowest BCUT2D eigenvalue weighted by molar-refractivity contribution is 0.0950. The van der Waals surface area contributed by atoms with Crippen molar-refractivity contribution in [3.63, 3.8) is 0 Å². The van der Waals surface area contributed by atoms with E-state index in [1.54, 1.807) is 57.7 Å². The number of methoxy groups -OCH3 is 4. The van der Waals surface area contributed by atoms with Crippen LogP contribution in [0, 0.1) is 0 Å². The third-order valence-corrected chi connectivity index (χ3v) is 4.01. The van der Waals surface area contributed by atoms with Crippen LogP contribution in [0.4, 0.5) is 0 Å². The first-order valence-electron chi connectivity index (χ1n) is 8.56. The summed E-state index contributed by atoms with van der Waals surface area (Å²) in [6.45, 7) is 4.21. The fraction of sp³-hybridized carbons (Fsp3) is 0.286. The minimum Gasteiger partial charge on any atom is -0.496 e. The van der Waals surface area contributed by atoms with Gasteiger partial charge in [0, 0.05) is 23.7 Å². The number of nitrogens with one attached hydrogen (secondary N) is 1. The van der Waals surface area contributed by atoms with Gasteiger partial charge in [0.15, 0.2) is 23.0 Å². The van der Waals surface area contributed by atoms with E-state index in [1.165, 1.54) is 7.11 Å². The summed E-state index contributed by atoms with van der Waals surface area (Å²) >= 11 is 0. The van der Waals surface area contributed by atoms with Gasteiger partial charge in [-0.25, -0.2) is 0 Å². The largest absolute Gasteiger partial charge is 0.496 e. The van der Waals surface area contributed by atoms with Crippen LogP contribution in [0.15, 0.2) is 43.0 Å². The molecule has 2 aromatic rings. The molecular weight excluding hydrogens is 362 g/mol.